The van der Waals surface area contributed by atoms with E-state index >= 15 is 0 Å². The second-order valence-electron chi connectivity index (χ2n) is 5.33. The zero-order chi connectivity index (χ0) is 12.9. The molecule has 0 spiro atoms. The summed E-state index contributed by atoms with van der Waals surface area (Å²) in [4.78, 5) is 13.5. The van der Waals surface area contributed by atoms with Crippen LogP contribution in [-0.2, 0) is 0 Å². The van der Waals surface area contributed by atoms with E-state index < -0.39 is 11.6 Å². The van der Waals surface area contributed by atoms with Crippen molar-refractivity contribution in [2.45, 2.75) is 18.4 Å². The Morgan fingerprint density at radius 2 is 1.78 bits per heavy atom. The normalized spacial score (nSPS) is 21.6. The van der Waals surface area contributed by atoms with Crippen LogP contribution in [0.1, 0.15) is 23.2 Å². The van der Waals surface area contributed by atoms with Gasteiger partial charge >= 0.3 is 0 Å². The SMILES string of the molecule is NC1(C2CC2)CN(C(=O)c2cc(F)cc(F)c2)C1. The van der Waals surface area contributed by atoms with Crippen molar-refractivity contribution < 1.29 is 13.6 Å². The Balaban J connectivity index is 1.72. The monoisotopic (exact) mass is 252 g/mol. The van der Waals surface area contributed by atoms with Gasteiger partial charge in [-0.1, -0.05) is 0 Å². The second kappa shape index (κ2) is 3.75. The number of carbonyl (C=O) groups excluding carboxylic acids is 1. The van der Waals surface area contributed by atoms with Crippen LogP contribution < -0.4 is 5.73 Å². The van der Waals surface area contributed by atoms with Gasteiger partial charge in [0.05, 0.1) is 5.54 Å². The Morgan fingerprint density at radius 1 is 1.22 bits per heavy atom. The number of hydrogen-bond acceptors (Lipinski definition) is 2. The maximum atomic E-state index is 13.0. The van der Waals surface area contributed by atoms with Crippen LogP contribution in [-0.4, -0.2) is 29.4 Å². The van der Waals surface area contributed by atoms with Gasteiger partial charge in [0, 0.05) is 24.7 Å². The van der Waals surface area contributed by atoms with Gasteiger partial charge in [-0.15, -0.1) is 0 Å². The second-order valence-corrected chi connectivity index (χ2v) is 5.33. The number of hydrogen-bond donors (Lipinski definition) is 1. The standard InChI is InChI=1S/C13H14F2N2O/c14-10-3-8(4-11(15)5-10)12(18)17-6-13(16,7-17)9-1-2-9/h3-5,9H,1-2,6-7,16H2. The molecule has 0 atom stereocenters. The highest BCUT2D eigenvalue weighted by Gasteiger charge is 2.51. The first-order valence-corrected chi connectivity index (χ1v) is 6.02. The molecule has 2 N–H and O–H groups in total. The van der Waals surface area contributed by atoms with Gasteiger partial charge in [0.2, 0.25) is 0 Å². The molecule has 1 aromatic rings. The lowest BCUT2D eigenvalue weighted by atomic mass is 9.85. The molecule has 96 valence electrons. The Labute approximate surface area is 104 Å². The average Bonchev–Trinajstić information content (AvgIpc) is 3.06. The molecular formula is C13H14F2N2O. The molecular weight excluding hydrogens is 238 g/mol. The lowest BCUT2D eigenvalue weighted by Gasteiger charge is -2.48. The fraction of sp³-hybridized carbons (Fsp3) is 0.462. The van der Waals surface area contributed by atoms with E-state index in [2.05, 4.69) is 0 Å². The molecule has 3 nitrogen and oxygen atoms in total. The third-order valence-electron chi connectivity index (χ3n) is 3.76. The lowest BCUT2D eigenvalue weighted by molar-refractivity contribution is 0.0349. The van der Waals surface area contributed by atoms with Crippen molar-refractivity contribution in [3.8, 4) is 0 Å². The van der Waals surface area contributed by atoms with Crippen molar-refractivity contribution in [3.63, 3.8) is 0 Å². The van der Waals surface area contributed by atoms with Crippen LogP contribution in [0.2, 0.25) is 0 Å². The highest BCUT2D eigenvalue weighted by atomic mass is 19.1. The minimum Gasteiger partial charge on any atom is -0.335 e. The molecule has 0 radical (unpaired) electrons. The molecule has 1 saturated heterocycles. The van der Waals surface area contributed by atoms with Crippen molar-refractivity contribution in [1.29, 1.82) is 0 Å². The molecule has 1 aliphatic carbocycles. The van der Waals surface area contributed by atoms with Gasteiger partial charge in [0.15, 0.2) is 0 Å². The fourth-order valence-corrected chi connectivity index (χ4v) is 2.58. The quantitative estimate of drug-likeness (QED) is 0.867. The van der Waals surface area contributed by atoms with Gasteiger partial charge in [-0.25, -0.2) is 8.78 Å². The molecule has 0 unspecified atom stereocenters. The van der Waals surface area contributed by atoms with Crippen molar-refractivity contribution in [2.75, 3.05) is 13.1 Å². The van der Waals surface area contributed by atoms with Crippen LogP contribution in [0.25, 0.3) is 0 Å². The number of nitrogens with zero attached hydrogens (tertiary/aromatic N) is 1. The van der Waals surface area contributed by atoms with E-state index in [0.29, 0.717) is 19.0 Å². The van der Waals surface area contributed by atoms with Crippen LogP contribution >= 0.6 is 0 Å². The first-order chi connectivity index (χ1) is 8.48. The maximum absolute atomic E-state index is 13.0. The number of likely N-dealkylation sites (tertiary alicyclic amines) is 1. The van der Waals surface area contributed by atoms with Crippen molar-refractivity contribution in [3.05, 3.63) is 35.4 Å². The zero-order valence-electron chi connectivity index (χ0n) is 9.83. The first kappa shape index (κ1) is 11.6. The summed E-state index contributed by atoms with van der Waals surface area (Å²) in [5.41, 5.74) is 5.90. The number of carbonyl (C=O) groups is 1. The van der Waals surface area contributed by atoms with Crippen LogP contribution in [0.3, 0.4) is 0 Å². The van der Waals surface area contributed by atoms with Crippen molar-refractivity contribution in [1.82, 2.24) is 4.90 Å². The lowest BCUT2D eigenvalue weighted by Crippen LogP contribution is -2.69. The summed E-state index contributed by atoms with van der Waals surface area (Å²) in [7, 11) is 0. The van der Waals surface area contributed by atoms with Crippen LogP contribution in [0.4, 0.5) is 8.78 Å². The predicted molar refractivity (Wildman–Crippen MR) is 61.9 cm³/mol. The fourth-order valence-electron chi connectivity index (χ4n) is 2.58. The molecule has 1 amide bonds. The van der Waals surface area contributed by atoms with Gasteiger partial charge in [-0.05, 0) is 30.9 Å². The van der Waals surface area contributed by atoms with Crippen LogP contribution in [0.15, 0.2) is 18.2 Å². The topological polar surface area (TPSA) is 46.3 Å². The van der Waals surface area contributed by atoms with Gasteiger partial charge in [0.1, 0.15) is 11.6 Å². The van der Waals surface area contributed by atoms with E-state index in [4.69, 9.17) is 5.73 Å². The Hall–Kier alpha value is -1.49. The first-order valence-electron chi connectivity index (χ1n) is 6.02. The summed E-state index contributed by atoms with van der Waals surface area (Å²) >= 11 is 0. The molecule has 2 aliphatic rings. The zero-order valence-corrected chi connectivity index (χ0v) is 9.83. The van der Waals surface area contributed by atoms with E-state index in [1.54, 1.807) is 4.90 Å². The van der Waals surface area contributed by atoms with Gasteiger partial charge in [-0.2, -0.15) is 0 Å². The Kier molecular flexibility index (Phi) is 2.41. The van der Waals surface area contributed by atoms with Crippen molar-refractivity contribution in [2.24, 2.45) is 11.7 Å². The minimum atomic E-state index is -0.736. The molecule has 1 aliphatic heterocycles. The minimum absolute atomic E-state index is 0.0466. The highest BCUT2D eigenvalue weighted by Crippen LogP contribution is 2.43. The van der Waals surface area contributed by atoms with Gasteiger partial charge in [0.25, 0.3) is 5.91 Å². The van der Waals surface area contributed by atoms with Gasteiger partial charge in [-0.3, -0.25) is 4.79 Å². The Bertz CT molecular complexity index is 487. The van der Waals surface area contributed by atoms with Gasteiger partial charge < -0.3 is 10.6 Å². The smallest absolute Gasteiger partial charge is 0.254 e. The number of amides is 1. The molecule has 0 bridgehead atoms. The molecule has 3 rings (SSSR count). The van der Waals surface area contributed by atoms with Crippen molar-refractivity contribution >= 4 is 5.91 Å². The largest absolute Gasteiger partial charge is 0.335 e. The van der Waals surface area contributed by atoms with E-state index in [9.17, 15) is 13.6 Å². The summed E-state index contributed by atoms with van der Waals surface area (Å²) in [6.45, 7) is 0.962. The number of nitrogens with two attached hydrogens (primary N) is 1. The average molecular weight is 252 g/mol. The molecule has 18 heavy (non-hydrogen) atoms. The number of benzene rings is 1. The van der Waals surface area contributed by atoms with Crippen LogP contribution in [0.5, 0.6) is 0 Å². The number of rotatable bonds is 2. The molecule has 1 aromatic carbocycles. The van der Waals surface area contributed by atoms with Crippen LogP contribution in [0, 0.1) is 17.6 Å². The molecule has 5 heteroatoms. The Morgan fingerprint density at radius 3 is 2.28 bits per heavy atom. The summed E-state index contributed by atoms with van der Waals surface area (Å²) in [5, 5.41) is 0. The van der Waals surface area contributed by atoms with E-state index in [1.807, 2.05) is 0 Å². The number of halogens is 2. The maximum Gasteiger partial charge on any atom is 0.254 e. The molecule has 2 fully saturated rings. The molecule has 0 aromatic heterocycles. The summed E-state index contributed by atoms with van der Waals surface area (Å²) < 4.78 is 26.1. The third kappa shape index (κ3) is 1.88. The van der Waals surface area contributed by atoms with E-state index in [0.717, 1.165) is 31.0 Å². The molecule has 1 heterocycles. The van der Waals surface area contributed by atoms with E-state index in [-0.39, 0.29) is 17.0 Å². The molecule has 1 saturated carbocycles. The van der Waals surface area contributed by atoms with E-state index in [1.165, 1.54) is 0 Å². The summed E-state index contributed by atoms with van der Waals surface area (Å²) in [6, 6.07) is 2.86. The summed E-state index contributed by atoms with van der Waals surface area (Å²) in [5.74, 6) is -1.32. The highest BCUT2D eigenvalue weighted by molar-refractivity contribution is 5.95. The predicted octanol–water partition coefficient (Wildman–Crippen LogP) is 1.53. The third-order valence-corrected chi connectivity index (χ3v) is 3.76. The summed E-state index contributed by atoms with van der Waals surface area (Å²) in [6.07, 6.45) is 2.24.